The fraction of sp³-hybridized carbons (Fsp3) is 0.250. The minimum absolute atomic E-state index is 0.0491. The molecule has 0 atom stereocenters. The first-order chi connectivity index (χ1) is 26.4. The fourth-order valence-electron chi connectivity index (χ4n) is 6.30. The van der Waals surface area contributed by atoms with Crippen LogP contribution in [0.3, 0.4) is 0 Å². The number of anilines is 2. The van der Waals surface area contributed by atoms with Gasteiger partial charge in [0.2, 0.25) is 23.7 Å². The van der Waals surface area contributed by atoms with Crippen molar-refractivity contribution >= 4 is 45.5 Å². The molecule has 2 amide bonds. The van der Waals surface area contributed by atoms with Crippen LogP contribution in [-0.4, -0.2) is 87.7 Å². The second-order valence-electron chi connectivity index (χ2n) is 12.9. The Kier molecular flexibility index (Phi) is 11.1. The van der Waals surface area contributed by atoms with Crippen molar-refractivity contribution in [3.63, 3.8) is 0 Å². The maximum atomic E-state index is 13.1. The highest BCUT2D eigenvalue weighted by Crippen LogP contribution is 2.30. The number of carbonyl (C=O) groups is 2. The predicted molar refractivity (Wildman–Crippen MR) is 209 cm³/mol. The smallest absolute Gasteiger partial charge is 0.242 e. The van der Waals surface area contributed by atoms with E-state index in [0.717, 1.165) is 68.7 Å². The van der Waals surface area contributed by atoms with E-state index in [1.54, 1.807) is 46.7 Å². The van der Waals surface area contributed by atoms with Gasteiger partial charge in [0.1, 0.15) is 11.6 Å². The van der Waals surface area contributed by atoms with Crippen LogP contribution >= 0.6 is 0 Å². The Balaban J connectivity index is 1.01. The molecule has 4 aromatic heterocycles. The molecule has 0 aliphatic carbocycles. The molecule has 0 saturated heterocycles. The van der Waals surface area contributed by atoms with Gasteiger partial charge in [-0.15, -0.1) is 0 Å². The molecule has 274 valence electrons. The monoisotopic (exact) mass is 722 g/mol. The maximum Gasteiger partial charge on any atom is 0.242 e. The Hall–Kier alpha value is -6.70. The average Bonchev–Trinajstić information content (AvgIpc) is 3.85. The van der Waals surface area contributed by atoms with E-state index in [2.05, 4.69) is 94.1 Å². The number of carbonyl (C=O) groups excluding carboxylic acids is 2. The van der Waals surface area contributed by atoms with Crippen LogP contribution in [0.2, 0.25) is 0 Å². The molecule has 14 nitrogen and oxygen atoms in total. The standard InChI is InChI=1S/C40H42N12O2/c1-3-17-51(37(53)23-46-39-41-13-5-14-42-39)25-35-45-22-34(50-35)31-10-9-27-19-28(7-8-29(27)20-31)30-11-12-32-33(21-30)49-36(48-32)26-52(18-4-2)38(54)24-47-40-43-15-6-16-44-40/h5-16,19-22H,3-4,17-18,23-26H2,1-2H3,(H,45,50)(H,48,49)(H,41,42,46)(H,43,44,47). The highest BCUT2D eigenvalue weighted by molar-refractivity contribution is 5.92. The van der Waals surface area contributed by atoms with Gasteiger partial charge in [-0.05, 0) is 71.1 Å². The third-order valence-electron chi connectivity index (χ3n) is 8.94. The number of rotatable bonds is 16. The maximum absolute atomic E-state index is 13.1. The lowest BCUT2D eigenvalue weighted by Gasteiger charge is -2.21. The number of hydrogen-bond acceptors (Lipinski definition) is 10. The molecule has 7 aromatic rings. The fourth-order valence-corrected chi connectivity index (χ4v) is 6.30. The van der Waals surface area contributed by atoms with Gasteiger partial charge in [0.15, 0.2) is 0 Å². The van der Waals surface area contributed by atoms with Crippen LogP contribution in [0.15, 0.2) is 97.7 Å². The number of nitrogens with one attached hydrogen (secondary N) is 4. The van der Waals surface area contributed by atoms with Crippen molar-refractivity contribution in [1.82, 2.24) is 49.7 Å². The quantitative estimate of drug-likeness (QED) is 0.0919. The van der Waals surface area contributed by atoms with E-state index in [1.807, 2.05) is 26.1 Å². The first-order valence-electron chi connectivity index (χ1n) is 18.1. The van der Waals surface area contributed by atoms with Crippen molar-refractivity contribution in [1.29, 1.82) is 0 Å². The summed E-state index contributed by atoms with van der Waals surface area (Å²) in [6, 6.07) is 22.4. The lowest BCUT2D eigenvalue weighted by molar-refractivity contribution is -0.130. The summed E-state index contributed by atoms with van der Waals surface area (Å²) in [5.74, 6) is 2.19. The third-order valence-corrected chi connectivity index (χ3v) is 8.94. The molecule has 0 radical (unpaired) electrons. The van der Waals surface area contributed by atoms with E-state index >= 15 is 0 Å². The minimum Gasteiger partial charge on any atom is -0.345 e. The second kappa shape index (κ2) is 16.8. The summed E-state index contributed by atoms with van der Waals surface area (Å²) < 4.78 is 0. The number of hydrogen-bond donors (Lipinski definition) is 4. The molecule has 0 fully saturated rings. The van der Waals surface area contributed by atoms with Gasteiger partial charge in [0.25, 0.3) is 0 Å². The van der Waals surface area contributed by atoms with Gasteiger partial charge in [0.05, 0.1) is 49.1 Å². The van der Waals surface area contributed by atoms with Gasteiger partial charge in [-0.2, -0.15) is 0 Å². The van der Waals surface area contributed by atoms with Crippen LogP contribution in [0.1, 0.15) is 38.3 Å². The first kappa shape index (κ1) is 35.7. The molecular weight excluding hydrogens is 681 g/mol. The zero-order valence-corrected chi connectivity index (χ0v) is 30.3. The number of fused-ring (bicyclic) bond motifs is 2. The average molecular weight is 723 g/mol. The van der Waals surface area contributed by atoms with E-state index in [4.69, 9.17) is 4.98 Å². The van der Waals surface area contributed by atoms with Gasteiger partial charge in [0, 0.05) is 43.4 Å². The summed E-state index contributed by atoms with van der Waals surface area (Å²) in [4.78, 5) is 62.4. The number of aromatic nitrogens is 8. The highest BCUT2D eigenvalue weighted by Gasteiger charge is 2.18. The molecule has 7 rings (SSSR count). The lowest BCUT2D eigenvalue weighted by Crippen LogP contribution is -2.36. The molecular formula is C40H42N12O2. The zero-order chi connectivity index (χ0) is 37.3. The van der Waals surface area contributed by atoms with Gasteiger partial charge >= 0.3 is 0 Å². The van der Waals surface area contributed by atoms with E-state index in [-0.39, 0.29) is 24.9 Å². The molecule has 0 spiro atoms. The van der Waals surface area contributed by atoms with E-state index < -0.39 is 0 Å². The summed E-state index contributed by atoms with van der Waals surface area (Å²) in [7, 11) is 0. The van der Waals surface area contributed by atoms with Gasteiger partial charge in [-0.25, -0.2) is 29.9 Å². The summed E-state index contributed by atoms with van der Waals surface area (Å²) >= 11 is 0. The van der Waals surface area contributed by atoms with Gasteiger partial charge in [-0.3, -0.25) is 9.59 Å². The Labute approximate surface area is 312 Å². The third kappa shape index (κ3) is 8.66. The molecule has 0 aliphatic rings. The molecule has 3 aromatic carbocycles. The zero-order valence-electron chi connectivity index (χ0n) is 30.3. The predicted octanol–water partition coefficient (Wildman–Crippen LogP) is 6.05. The van der Waals surface area contributed by atoms with Crippen molar-refractivity contribution in [3.05, 3.63) is 109 Å². The van der Waals surface area contributed by atoms with Crippen LogP contribution in [0.25, 0.3) is 44.2 Å². The molecule has 4 heterocycles. The van der Waals surface area contributed by atoms with Gasteiger partial charge in [-0.1, -0.05) is 44.2 Å². The van der Waals surface area contributed by atoms with Crippen molar-refractivity contribution in [2.45, 2.75) is 39.8 Å². The van der Waals surface area contributed by atoms with Crippen LogP contribution in [0, 0.1) is 0 Å². The van der Waals surface area contributed by atoms with Crippen LogP contribution in [-0.2, 0) is 22.7 Å². The van der Waals surface area contributed by atoms with Gasteiger partial charge < -0.3 is 30.4 Å². The number of H-pyrrole nitrogens is 2. The first-order valence-corrected chi connectivity index (χ1v) is 18.1. The van der Waals surface area contributed by atoms with Crippen molar-refractivity contribution < 1.29 is 9.59 Å². The molecule has 0 aliphatic heterocycles. The summed E-state index contributed by atoms with van der Waals surface area (Å²) in [6.07, 6.45) is 10.0. The topological polar surface area (TPSA) is 174 Å². The van der Waals surface area contributed by atoms with E-state index in [9.17, 15) is 9.59 Å². The molecule has 54 heavy (non-hydrogen) atoms. The van der Waals surface area contributed by atoms with E-state index in [0.29, 0.717) is 38.1 Å². The minimum atomic E-state index is -0.0508. The molecule has 0 saturated carbocycles. The number of imidazole rings is 2. The normalized spacial score (nSPS) is 11.1. The molecule has 4 N–H and O–H groups in total. The Bertz CT molecular complexity index is 2340. The van der Waals surface area contributed by atoms with Crippen LogP contribution in [0.5, 0.6) is 0 Å². The Morgan fingerprint density at radius 2 is 1.17 bits per heavy atom. The highest BCUT2D eigenvalue weighted by atomic mass is 16.2. The number of nitrogens with zero attached hydrogens (tertiary/aromatic N) is 8. The van der Waals surface area contributed by atoms with Crippen molar-refractivity contribution in [3.8, 4) is 22.4 Å². The van der Waals surface area contributed by atoms with E-state index in [1.165, 1.54) is 0 Å². The number of aromatic amines is 2. The molecule has 0 unspecified atom stereocenters. The Morgan fingerprint density at radius 1 is 0.630 bits per heavy atom. The summed E-state index contributed by atoms with van der Waals surface area (Å²) in [5.41, 5.74) is 5.80. The summed E-state index contributed by atoms with van der Waals surface area (Å²) in [6.45, 7) is 6.28. The molecule has 14 heteroatoms. The van der Waals surface area contributed by atoms with Crippen LogP contribution in [0.4, 0.5) is 11.9 Å². The lowest BCUT2D eigenvalue weighted by atomic mass is 9.99. The number of benzene rings is 3. The number of amides is 2. The summed E-state index contributed by atoms with van der Waals surface area (Å²) in [5, 5.41) is 8.21. The second-order valence-corrected chi connectivity index (χ2v) is 12.9. The molecule has 0 bridgehead atoms. The largest absolute Gasteiger partial charge is 0.345 e. The van der Waals surface area contributed by atoms with Crippen LogP contribution < -0.4 is 10.6 Å². The van der Waals surface area contributed by atoms with Crippen molar-refractivity contribution in [2.75, 3.05) is 36.8 Å². The SMILES string of the molecule is CCCN(Cc1ncc(-c2ccc3cc(-c4ccc5nc(CN(CCC)C(=O)CNc6ncccn6)[nH]c5c4)ccc3c2)[nH]1)C(=O)CNc1ncccn1. The Morgan fingerprint density at radius 3 is 1.78 bits per heavy atom. The van der Waals surface area contributed by atoms with Crippen molar-refractivity contribution in [2.24, 2.45) is 0 Å².